The lowest BCUT2D eigenvalue weighted by molar-refractivity contribution is -0.185. The Bertz CT molecular complexity index is 1010. The molecule has 1 aliphatic rings. The van der Waals surface area contributed by atoms with Crippen LogP contribution in [0.3, 0.4) is 0 Å². The zero-order valence-corrected chi connectivity index (χ0v) is 16.9. The highest BCUT2D eigenvalue weighted by atomic mass is 19.4. The monoisotopic (exact) mass is 449 g/mol. The molecule has 0 saturated heterocycles. The molecule has 0 saturated carbocycles. The Morgan fingerprint density at radius 2 is 2.03 bits per heavy atom. The zero-order valence-electron chi connectivity index (χ0n) is 16.9. The van der Waals surface area contributed by atoms with Crippen LogP contribution in [0.25, 0.3) is 0 Å². The van der Waals surface area contributed by atoms with Crippen molar-refractivity contribution in [1.29, 1.82) is 0 Å². The SMILES string of the molecule is COC1C(O)=C(CO)O[C@H]1n1cc(CN(CC=C(C)C)C(=O)C(F)(F)F)c(=O)[nH]c1=O. The summed E-state index contributed by atoms with van der Waals surface area (Å²) in [5.74, 6) is -2.91. The molecule has 1 unspecified atom stereocenters. The molecule has 1 aromatic heterocycles. The van der Waals surface area contributed by atoms with Crippen molar-refractivity contribution in [3.8, 4) is 0 Å². The van der Waals surface area contributed by atoms with E-state index in [4.69, 9.17) is 9.47 Å². The number of nitrogens with one attached hydrogen (secondary N) is 1. The fourth-order valence-corrected chi connectivity index (χ4v) is 2.84. The van der Waals surface area contributed by atoms with Gasteiger partial charge in [-0.25, -0.2) is 4.79 Å². The molecule has 3 N–H and O–H groups in total. The molecular formula is C18H22F3N3O7. The van der Waals surface area contributed by atoms with E-state index in [1.54, 1.807) is 13.8 Å². The van der Waals surface area contributed by atoms with Gasteiger partial charge < -0.3 is 24.6 Å². The average molecular weight is 449 g/mol. The molecule has 13 heteroatoms. The molecule has 2 atom stereocenters. The maximum absolute atomic E-state index is 13.0. The predicted molar refractivity (Wildman–Crippen MR) is 99.9 cm³/mol. The number of rotatable bonds is 7. The highest BCUT2D eigenvalue weighted by Gasteiger charge is 2.43. The van der Waals surface area contributed by atoms with E-state index in [1.165, 1.54) is 13.2 Å². The highest BCUT2D eigenvalue weighted by Crippen LogP contribution is 2.32. The van der Waals surface area contributed by atoms with Gasteiger partial charge in [0.15, 0.2) is 17.6 Å². The maximum Gasteiger partial charge on any atom is 0.471 e. The number of hydrogen-bond donors (Lipinski definition) is 3. The normalized spacial score (nSPS) is 18.7. The number of hydrogen-bond acceptors (Lipinski definition) is 7. The van der Waals surface area contributed by atoms with Gasteiger partial charge in [-0.1, -0.05) is 11.6 Å². The summed E-state index contributed by atoms with van der Waals surface area (Å²) in [5.41, 5.74) is -1.68. The number of halogens is 3. The van der Waals surface area contributed by atoms with Crippen LogP contribution in [-0.4, -0.2) is 63.1 Å². The van der Waals surface area contributed by atoms with Crippen LogP contribution in [0.15, 0.2) is 39.0 Å². The quantitative estimate of drug-likeness (QED) is 0.522. The van der Waals surface area contributed by atoms with Gasteiger partial charge in [-0.05, 0) is 13.8 Å². The van der Waals surface area contributed by atoms with Crippen molar-refractivity contribution in [1.82, 2.24) is 14.5 Å². The van der Waals surface area contributed by atoms with Crippen LogP contribution in [0.1, 0.15) is 25.6 Å². The van der Waals surface area contributed by atoms with Crippen LogP contribution in [0.4, 0.5) is 13.2 Å². The number of carbonyl (C=O) groups excluding carboxylic acids is 1. The van der Waals surface area contributed by atoms with Crippen molar-refractivity contribution in [2.45, 2.75) is 38.9 Å². The third-order valence-electron chi connectivity index (χ3n) is 4.40. The van der Waals surface area contributed by atoms with Crippen molar-refractivity contribution >= 4 is 5.91 Å². The number of aliphatic hydroxyl groups excluding tert-OH is 2. The third-order valence-corrected chi connectivity index (χ3v) is 4.40. The van der Waals surface area contributed by atoms with E-state index in [0.29, 0.717) is 10.5 Å². The second-order valence-electron chi connectivity index (χ2n) is 6.92. The molecule has 1 aliphatic heterocycles. The number of aromatic amines is 1. The number of ether oxygens (including phenoxy) is 2. The first kappa shape index (κ1) is 24.2. The molecule has 1 amide bonds. The van der Waals surface area contributed by atoms with Gasteiger partial charge in [-0.3, -0.25) is 19.1 Å². The second-order valence-corrected chi connectivity index (χ2v) is 6.92. The first-order chi connectivity index (χ1) is 14.4. The Morgan fingerprint density at radius 1 is 1.39 bits per heavy atom. The van der Waals surface area contributed by atoms with Crippen LogP contribution in [0, 0.1) is 0 Å². The molecule has 0 spiro atoms. The van der Waals surface area contributed by atoms with E-state index in [-0.39, 0.29) is 11.3 Å². The van der Waals surface area contributed by atoms with Crippen LogP contribution < -0.4 is 11.2 Å². The first-order valence-corrected chi connectivity index (χ1v) is 8.96. The van der Waals surface area contributed by atoms with Crippen molar-refractivity contribution in [2.75, 3.05) is 20.3 Å². The summed E-state index contributed by atoms with van der Waals surface area (Å²) in [5, 5.41) is 19.3. The van der Waals surface area contributed by atoms with E-state index in [9.17, 15) is 37.8 Å². The summed E-state index contributed by atoms with van der Waals surface area (Å²) in [6.07, 6.45) is -5.44. The summed E-state index contributed by atoms with van der Waals surface area (Å²) in [4.78, 5) is 38.6. The van der Waals surface area contributed by atoms with Gasteiger partial charge in [0, 0.05) is 19.9 Å². The highest BCUT2D eigenvalue weighted by molar-refractivity contribution is 5.82. The van der Waals surface area contributed by atoms with Crippen LogP contribution in [-0.2, 0) is 20.8 Å². The Balaban J connectivity index is 2.46. The molecule has 2 heterocycles. The van der Waals surface area contributed by atoms with E-state index in [1.807, 2.05) is 4.98 Å². The molecule has 0 fully saturated rings. The van der Waals surface area contributed by atoms with E-state index >= 15 is 0 Å². The molecule has 1 aromatic rings. The molecule has 2 rings (SSSR count). The molecule has 0 aliphatic carbocycles. The second kappa shape index (κ2) is 9.39. The summed E-state index contributed by atoms with van der Waals surface area (Å²) < 4.78 is 50.1. The smallest absolute Gasteiger partial charge is 0.471 e. The van der Waals surface area contributed by atoms with Crippen LogP contribution >= 0.6 is 0 Å². The van der Waals surface area contributed by atoms with Gasteiger partial charge in [0.25, 0.3) is 5.56 Å². The standard InChI is InChI=1S/C18H22F3N3O7/c1-9(2)4-5-23(16(28)18(19,20)21)6-10-7-24(17(29)22-14(10)27)15-13(30-3)12(26)11(8-25)31-15/h4,7,13,15,25-26H,5-6,8H2,1-3H3,(H,22,27,29)/t13?,15-/m1/s1. The molecule has 0 bridgehead atoms. The fraction of sp³-hybridized carbons (Fsp3) is 0.500. The molecule has 0 radical (unpaired) electrons. The maximum atomic E-state index is 13.0. The average Bonchev–Trinajstić information content (AvgIpc) is 3.00. The van der Waals surface area contributed by atoms with Crippen molar-refractivity contribution < 1.29 is 37.7 Å². The molecule has 10 nitrogen and oxygen atoms in total. The van der Waals surface area contributed by atoms with Crippen LogP contribution in [0.5, 0.6) is 0 Å². The number of aromatic nitrogens is 2. The molecular weight excluding hydrogens is 427 g/mol. The van der Waals surface area contributed by atoms with E-state index in [0.717, 1.165) is 10.8 Å². The fourth-order valence-electron chi connectivity index (χ4n) is 2.84. The van der Waals surface area contributed by atoms with E-state index < -0.39 is 61.1 Å². The van der Waals surface area contributed by atoms with Crippen LogP contribution in [0.2, 0.25) is 0 Å². The number of aliphatic hydroxyl groups is 2. The topological polar surface area (TPSA) is 134 Å². The lowest BCUT2D eigenvalue weighted by Gasteiger charge is -2.24. The lowest BCUT2D eigenvalue weighted by atomic mass is 10.2. The number of carbonyl (C=O) groups is 1. The number of allylic oxidation sites excluding steroid dienone is 1. The Kier molecular flexibility index (Phi) is 7.33. The van der Waals surface area contributed by atoms with Gasteiger partial charge in [-0.15, -0.1) is 0 Å². The number of nitrogens with zero attached hydrogens (tertiary/aromatic N) is 2. The summed E-state index contributed by atoms with van der Waals surface area (Å²) in [7, 11) is 1.19. The van der Waals surface area contributed by atoms with Crippen molar-refractivity contribution in [2.24, 2.45) is 0 Å². The van der Waals surface area contributed by atoms with Crippen molar-refractivity contribution in [3.05, 3.63) is 55.8 Å². The van der Waals surface area contributed by atoms with Gasteiger partial charge in [0.2, 0.25) is 6.23 Å². The van der Waals surface area contributed by atoms with Crippen molar-refractivity contribution in [3.63, 3.8) is 0 Å². The minimum absolute atomic E-state index is 0.270. The Labute approximate surface area is 173 Å². The van der Waals surface area contributed by atoms with E-state index in [2.05, 4.69) is 0 Å². The molecule has 0 aromatic carbocycles. The number of alkyl halides is 3. The summed E-state index contributed by atoms with van der Waals surface area (Å²) in [6, 6.07) is 0. The molecule has 31 heavy (non-hydrogen) atoms. The Morgan fingerprint density at radius 3 is 2.55 bits per heavy atom. The predicted octanol–water partition coefficient (Wildman–Crippen LogP) is 0.699. The first-order valence-electron chi connectivity index (χ1n) is 8.96. The third kappa shape index (κ3) is 5.35. The van der Waals surface area contributed by atoms with Gasteiger partial charge >= 0.3 is 17.8 Å². The van der Waals surface area contributed by atoms with Gasteiger partial charge in [0.05, 0.1) is 12.1 Å². The minimum Gasteiger partial charge on any atom is -0.506 e. The number of H-pyrrole nitrogens is 1. The zero-order chi connectivity index (χ0) is 23.5. The lowest BCUT2D eigenvalue weighted by Crippen LogP contribution is -2.43. The Hall–Kier alpha value is -3.06. The number of methoxy groups -OCH3 is 1. The summed E-state index contributed by atoms with van der Waals surface area (Å²) in [6.45, 7) is 1.38. The van der Waals surface area contributed by atoms with Gasteiger partial charge in [0.1, 0.15) is 6.61 Å². The van der Waals surface area contributed by atoms with Gasteiger partial charge in [-0.2, -0.15) is 13.2 Å². The summed E-state index contributed by atoms with van der Waals surface area (Å²) >= 11 is 0. The largest absolute Gasteiger partial charge is 0.506 e. The number of amides is 1. The minimum atomic E-state index is -5.17. The molecule has 172 valence electrons.